The summed E-state index contributed by atoms with van der Waals surface area (Å²) in [6.07, 6.45) is 0.922. The van der Waals surface area contributed by atoms with Crippen LogP contribution in [0.3, 0.4) is 0 Å². The molecule has 0 aliphatic heterocycles. The minimum absolute atomic E-state index is 0.0312. The fourth-order valence-corrected chi connectivity index (χ4v) is 1.52. The minimum Gasteiger partial charge on any atom is -0.398 e. The summed E-state index contributed by atoms with van der Waals surface area (Å²) in [6, 6.07) is 5.17. The van der Waals surface area contributed by atoms with Crippen LogP contribution >= 0.6 is 11.6 Å². The van der Waals surface area contributed by atoms with Gasteiger partial charge in [0, 0.05) is 18.7 Å². The van der Waals surface area contributed by atoms with Crippen molar-refractivity contribution >= 4 is 23.2 Å². The van der Waals surface area contributed by atoms with Gasteiger partial charge in [-0.25, -0.2) is 0 Å². The standard InChI is InChI=1S/C12H17ClN2O/c1-4-8(2)15(3)12(16)9-5-6-11(14)10(13)7-9/h5-8H,4,14H2,1-3H3. The highest BCUT2D eigenvalue weighted by atomic mass is 35.5. The SMILES string of the molecule is CCC(C)N(C)C(=O)c1ccc(N)c(Cl)c1. The summed E-state index contributed by atoms with van der Waals surface area (Å²) in [6.45, 7) is 4.06. The number of hydrogen-bond donors (Lipinski definition) is 1. The number of hydrogen-bond acceptors (Lipinski definition) is 2. The predicted molar refractivity (Wildman–Crippen MR) is 67.7 cm³/mol. The largest absolute Gasteiger partial charge is 0.398 e. The third-order valence-electron chi connectivity index (χ3n) is 2.82. The number of rotatable bonds is 3. The molecule has 0 spiro atoms. The Hall–Kier alpha value is -1.22. The van der Waals surface area contributed by atoms with Crippen LogP contribution in [0.4, 0.5) is 5.69 Å². The second-order valence-electron chi connectivity index (χ2n) is 3.91. The maximum absolute atomic E-state index is 12.0. The zero-order valence-corrected chi connectivity index (χ0v) is 10.6. The number of nitrogens with zero attached hydrogens (tertiary/aromatic N) is 1. The summed E-state index contributed by atoms with van der Waals surface area (Å²) in [4.78, 5) is 13.7. The third kappa shape index (κ3) is 2.67. The van der Waals surface area contributed by atoms with E-state index in [1.807, 2.05) is 13.8 Å². The van der Waals surface area contributed by atoms with Crippen LogP contribution in [0.2, 0.25) is 5.02 Å². The summed E-state index contributed by atoms with van der Waals surface area (Å²) in [7, 11) is 1.79. The van der Waals surface area contributed by atoms with Crippen molar-refractivity contribution in [2.75, 3.05) is 12.8 Å². The first-order valence-corrected chi connectivity index (χ1v) is 5.67. The number of carbonyl (C=O) groups is 1. The number of benzene rings is 1. The molecule has 1 atom stereocenters. The number of anilines is 1. The Balaban J connectivity index is 2.92. The monoisotopic (exact) mass is 240 g/mol. The lowest BCUT2D eigenvalue weighted by atomic mass is 10.1. The molecule has 0 bridgehead atoms. The summed E-state index contributed by atoms with van der Waals surface area (Å²) < 4.78 is 0. The molecule has 4 heteroatoms. The number of nitrogens with two attached hydrogens (primary N) is 1. The van der Waals surface area contributed by atoms with E-state index in [1.165, 1.54) is 0 Å². The van der Waals surface area contributed by atoms with Crippen molar-refractivity contribution in [1.29, 1.82) is 0 Å². The number of halogens is 1. The first kappa shape index (κ1) is 12.8. The lowest BCUT2D eigenvalue weighted by Crippen LogP contribution is -2.34. The number of amides is 1. The highest BCUT2D eigenvalue weighted by Crippen LogP contribution is 2.20. The van der Waals surface area contributed by atoms with Crippen LogP contribution in [0.5, 0.6) is 0 Å². The molecule has 1 aromatic carbocycles. The van der Waals surface area contributed by atoms with E-state index in [0.717, 1.165) is 6.42 Å². The van der Waals surface area contributed by atoms with Crippen molar-refractivity contribution in [1.82, 2.24) is 4.90 Å². The molecule has 0 aliphatic rings. The first-order chi connectivity index (χ1) is 7.47. The molecule has 0 saturated carbocycles. The Kier molecular flexibility index (Phi) is 4.19. The second kappa shape index (κ2) is 5.21. The van der Waals surface area contributed by atoms with Gasteiger partial charge in [0.2, 0.25) is 0 Å². The molecule has 0 radical (unpaired) electrons. The van der Waals surface area contributed by atoms with E-state index in [0.29, 0.717) is 16.3 Å². The Bertz CT molecular complexity index is 393. The molecule has 16 heavy (non-hydrogen) atoms. The zero-order chi connectivity index (χ0) is 12.3. The molecule has 1 rings (SSSR count). The van der Waals surface area contributed by atoms with Crippen molar-refractivity contribution in [2.45, 2.75) is 26.3 Å². The smallest absolute Gasteiger partial charge is 0.253 e. The molecule has 1 aromatic rings. The molecule has 1 amide bonds. The second-order valence-corrected chi connectivity index (χ2v) is 4.32. The van der Waals surface area contributed by atoms with Gasteiger partial charge < -0.3 is 10.6 Å². The topological polar surface area (TPSA) is 46.3 Å². The summed E-state index contributed by atoms with van der Waals surface area (Å²) >= 11 is 5.88. The fourth-order valence-electron chi connectivity index (χ4n) is 1.34. The molecule has 2 N–H and O–H groups in total. The van der Waals surface area contributed by atoms with Crippen molar-refractivity contribution < 1.29 is 4.79 Å². The average Bonchev–Trinajstić information content (AvgIpc) is 2.29. The first-order valence-electron chi connectivity index (χ1n) is 5.29. The van der Waals surface area contributed by atoms with Gasteiger partial charge >= 0.3 is 0 Å². The average molecular weight is 241 g/mol. The van der Waals surface area contributed by atoms with Gasteiger partial charge in [-0.2, -0.15) is 0 Å². The summed E-state index contributed by atoms with van der Waals surface area (Å²) in [5.41, 5.74) is 6.66. The minimum atomic E-state index is -0.0312. The normalized spacial score (nSPS) is 12.2. The van der Waals surface area contributed by atoms with E-state index in [1.54, 1.807) is 30.1 Å². The van der Waals surface area contributed by atoms with Crippen molar-refractivity contribution in [3.8, 4) is 0 Å². The highest BCUT2D eigenvalue weighted by molar-refractivity contribution is 6.33. The van der Waals surface area contributed by atoms with E-state index in [4.69, 9.17) is 17.3 Å². The molecule has 88 valence electrons. The number of carbonyl (C=O) groups excluding carboxylic acids is 1. The van der Waals surface area contributed by atoms with Crippen LogP contribution in [0.25, 0.3) is 0 Å². The Morgan fingerprint density at radius 3 is 2.69 bits per heavy atom. The van der Waals surface area contributed by atoms with Crippen LogP contribution in [0.15, 0.2) is 18.2 Å². The van der Waals surface area contributed by atoms with Crippen LogP contribution in [0.1, 0.15) is 30.6 Å². The molecule has 0 aromatic heterocycles. The van der Waals surface area contributed by atoms with Crippen LogP contribution in [0, 0.1) is 0 Å². The number of nitrogen functional groups attached to an aromatic ring is 1. The van der Waals surface area contributed by atoms with Gasteiger partial charge in [-0.05, 0) is 31.5 Å². The van der Waals surface area contributed by atoms with E-state index in [-0.39, 0.29) is 11.9 Å². The van der Waals surface area contributed by atoms with E-state index < -0.39 is 0 Å². The Morgan fingerprint density at radius 2 is 2.19 bits per heavy atom. The van der Waals surface area contributed by atoms with Crippen LogP contribution < -0.4 is 5.73 Å². The summed E-state index contributed by atoms with van der Waals surface area (Å²) in [5, 5.41) is 0.420. The quantitative estimate of drug-likeness (QED) is 0.826. The van der Waals surface area contributed by atoms with Crippen molar-refractivity contribution in [3.05, 3.63) is 28.8 Å². The van der Waals surface area contributed by atoms with Gasteiger partial charge in [0.25, 0.3) is 5.91 Å². The Labute approximate surface area is 101 Å². The van der Waals surface area contributed by atoms with Gasteiger partial charge in [-0.3, -0.25) is 4.79 Å². The molecular weight excluding hydrogens is 224 g/mol. The van der Waals surface area contributed by atoms with Crippen molar-refractivity contribution in [2.24, 2.45) is 0 Å². The molecule has 1 unspecified atom stereocenters. The maximum Gasteiger partial charge on any atom is 0.253 e. The Morgan fingerprint density at radius 1 is 1.56 bits per heavy atom. The predicted octanol–water partition coefficient (Wildman–Crippen LogP) is 2.79. The summed E-state index contributed by atoms with van der Waals surface area (Å²) in [5.74, 6) is -0.0312. The molecule has 0 saturated heterocycles. The molecule has 0 heterocycles. The van der Waals surface area contributed by atoms with Gasteiger partial charge in [-0.15, -0.1) is 0 Å². The van der Waals surface area contributed by atoms with E-state index in [9.17, 15) is 4.79 Å². The lowest BCUT2D eigenvalue weighted by Gasteiger charge is -2.24. The van der Waals surface area contributed by atoms with Gasteiger partial charge in [0.15, 0.2) is 0 Å². The molecule has 3 nitrogen and oxygen atoms in total. The maximum atomic E-state index is 12.0. The highest BCUT2D eigenvalue weighted by Gasteiger charge is 2.16. The van der Waals surface area contributed by atoms with Gasteiger partial charge in [0.05, 0.1) is 10.7 Å². The zero-order valence-electron chi connectivity index (χ0n) is 9.83. The van der Waals surface area contributed by atoms with Gasteiger partial charge in [-0.1, -0.05) is 18.5 Å². The molecular formula is C12H17ClN2O. The van der Waals surface area contributed by atoms with E-state index >= 15 is 0 Å². The fraction of sp³-hybridized carbons (Fsp3) is 0.417. The third-order valence-corrected chi connectivity index (χ3v) is 3.15. The molecule has 0 aliphatic carbocycles. The lowest BCUT2D eigenvalue weighted by molar-refractivity contribution is 0.0740. The van der Waals surface area contributed by atoms with Crippen molar-refractivity contribution in [3.63, 3.8) is 0 Å². The molecule has 0 fully saturated rings. The van der Waals surface area contributed by atoms with E-state index in [2.05, 4.69) is 0 Å². The van der Waals surface area contributed by atoms with Crippen LogP contribution in [-0.4, -0.2) is 23.9 Å². The van der Waals surface area contributed by atoms with Crippen LogP contribution in [-0.2, 0) is 0 Å². The van der Waals surface area contributed by atoms with Gasteiger partial charge in [0.1, 0.15) is 0 Å².